The summed E-state index contributed by atoms with van der Waals surface area (Å²) in [6.07, 6.45) is 0. The molecule has 0 saturated heterocycles. The number of rotatable bonds is 2. The van der Waals surface area contributed by atoms with Crippen LogP contribution in [-0.2, 0) is 0 Å². The summed E-state index contributed by atoms with van der Waals surface area (Å²) in [5.41, 5.74) is 14.0. The molecule has 0 saturated carbocycles. The predicted molar refractivity (Wildman–Crippen MR) is 85.0 cm³/mol. The van der Waals surface area contributed by atoms with Crippen molar-refractivity contribution in [2.24, 2.45) is 0 Å². The first-order chi connectivity index (χ1) is 10.1. The SMILES string of the molecule is CCSc1cc(N)c2c(c1N)C(=O)c1ccccc1C2=O. The molecule has 0 aromatic heterocycles. The molecule has 0 bridgehead atoms. The number of hydrogen-bond donors (Lipinski definition) is 2. The summed E-state index contributed by atoms with van der Waals surface area (Å²) in [6, 6.07) is 8.44. The minimum Gasteiger partial charge on any atom is -0.398 e. The van der Waals surface area contributed by atoms with Crippen LogP contribution in [0.3, 0.4) is 0 Å². The number of hydrogen-bond acceptors (Lipinski definition) is 5. The van der Waals surface area contributed by atoms with Crippen molar-refractivity contribution >= 4 is 34.7 Å². The summed E-state index contributed by atoms with van der Waals surface area (Å²) in [5, 5.41) is 0. The fraction of sp³-hybridized carbons (Fsp3) is 0.125. The first-order valence-electron chi connectivity index (χ1n) is 6.59. The average Bonchev–Trinajstić information content (AvgIpc) is 2.48. The molecule has 4 nitrogen and oxygen atoms in total. The second kappa shape index (κ2) is 4.93. The third kappa shape index (κ3) is 1.93. The van der Waals surface area contributed by atoms with Crippen molar-refractivity contribution < 1.29 is 9.59 Å². The standard InChI is InChI=1S/C16H14N2O2S/c1-2-21-11-7-10(17)12-13(14(11)18)16(20)9-6-4-3-5-8(9)15(12)19/h3-7H,2,17-18H2,1H3. The first kappa shape index (κ1) is 13.7. The van der Waals surface area contributed by atoms with Gasteiger partial charge in [-0.25, -0.2) is 0 Å². The topological polar surface area (TPSA) is 86.2 Å². The van der Waals surface area contributed by atoms with E-state index in [0.29, 0.717) is 22.5 Å². The van der Waals surface area contributed by atoms with Gasteiger partial charge in [-0.1, -0.05) is 31.2 Å². The third-order valence-corrected chi connectivity index (χ3v) is 4.47. The maximum Gasteiger partial charge on any atom is 0.196 e. The molecular weight excluding hydrogens is 284 g/mol. The summed E-state index contributed by atoms with van der Waals surface area (Å²) in [7, 11) is 0. The van der Waals surface area contributed by atoms with Crippen molar-refractivity contribution in [3.63, 3.8) is 0 Å². The van der Waals surface area contributed by atoms with Crippen LogP contribution in [0.5, 0.6) is 0 Å². The lowest BCUT2D eigenvalue weighted by Crippen LogP contribution is -2.24. The van der Waals surface area contributed by atoms with E-state index < -0.39 is 0 Å². The maximum absolute atomic E-state index is 12.7. The highest BCUT2D eigenvalue weighted by molar-refractivity contribution is 7.99. The number of nitrogen functional groups attached to an aromatic ring is 2. The van der Waals surface area contributed by atoms with E-state index in [-0.39, 0.29) is 22.7 Å². The van der Waals surface area contributed by atoms with Crippen LogP contribution >= 0.6 is 11.8 Å². The van der Waals surface area contributed by atoms with Crippen molar-refractivity contribution in [2.75, 3.05) is 17.2 Å². The van der Waals surface area contributed by atoms with E-state index >= 15 is 0 Å². The van der Waals surface area contributed by atoms with Gasteiger partial charge >= 0.3 is 0 Å². The number of ketones is 2. The molecule has 3 rings (SSSR count). The predicted octanol–water partition coefficient (Wildman–Crippen LogP) is 2.74. The molecule has 5 heteroatoms. The second-order valence-electron chi connectivity index (χ2n) is 4.76. The molecule has 0 unspecified atom stereocenters. The van der Waals surface area contributed by atoms with Gasteiger partial charge in [-0.05, 0) is 11.8 Å². The van der Waals surface area contributed by atoms with Gasteiger partial charge in [0, 0.05) is 21.7 Å². The van der Waals surface area contributed by atoms with Crippen molar-refractivity contribution in [2.45, 2.75) is 11.8 Å². The quantitative estimate of drug-likeness (QED) is 0.561. The van der Waals surface area contributed by atoms with Crippen molar-refractivity contribution in [3.05, 3.63) is 52.6 Å². The lowest BCUT2D eigenvalue weighted by atomic mass is 9.82. The number of anilines is 2. The molecule has 0 heterocycles. The van der Waals surface area contributed by atoms with Crippen molar-refractivity contribution in [1.82, 2.24) is 0 Å². The van der Waals surface area contributed by atoms with Gasteiger partial charge in [-0.2, -0.15) is 0 Å². The molecule has 0 radical (unpaired) electrons. The smallest absolute Gasteiger partial charge is 0.196 e. The molecule has 1 aliphatic carbocycles. The highest BCUT2D eigenvalue weighted by Gasteiger charge is 2.33. The Morgan fingerprint density at radius 1 is 1.00 bits per heavy atom. The van der Waals surface area contributed by atoms with E-state index in [1.165, 1.54) is 11.8 Å². The summed E-state index contributed by atoms with van der Waals surface area (Å²) < 4.78 is 0. The highest BCUT2D eigenvalue weighted by atomic mass is 32.2. The molecule has 2 aromatic rings. The van der Waals surface area contributed by atoms with E-state index in [0.717, 1.165) is 10.6 Å². The van der Waals surface area contributed by atoms with Crippen LogP contribution in [0.4, 0.5) is 11.4 Å². The monoisotopic (exact) mass is 298 g/mol. The van der Waals surface area contributed by atoms with Crippen molar-refractivity contribution in [1.29, 1.82) is 0 Å². The summed E-state index contributed by atoms with van der Waals surface area (Å²) in [4.78, 5) is 26.0. The Balaban J connectivity index is 2.32. The molecule has 2 aromatic carbocycles. The number of nitrogens with two attached hydrogens (primary N) is 2. The van der Waals surface area contributed by atoms with Gasteiger partial charge < -0.3 is 11.5 Å². The van der Waals surface area contributed by atoms with Crippen LogP contribution < -0.4 is 11.5 Å². The molecule has 0 aliphatic heterocycles. The zero-order valence-electron chi connectivity index (χ0n) is 11.5. The minimum atomic E-state index is -0.238. The van der Waals surface area contributed by atoms with Crippen LogP contribution in [-0.4, -0.2) is 17.3 Å². The Morgan fingerprint density at radius 2 is 1.57 bits per heavy atom. The molecule has 0 spiro atoms. The zero-order valence-corrected chi connectivity index (χ0v) is 12.3. The lowest BCUT2D eigenvalue weighted by Gasteiger charge is -2.22. The first-order valence-corrected chi connectivity index (χ1v) is 7.58. The van der Waals surface area contributed by atoms with Gasteiger partial charge in [0.25, 0.3) is 0 Å². The van der Waals surface area contributed by atoms with Crippen LogP contribution in [0.25, 0.3) is 0 Å². The van der Waals surface area contributed by atoms with Crippen LogP contribution in [0.1, 0.15) is 38.8 Å². The normalized spacial score (nSPS) is 13.0. The van der Waals surface area contributed by atoms with E-state index in [9.17, 15) is 9.59 Å². The van der Waals surface area contributed by atoms with Gasteiger partial charge in [0.2, 0.25) is 0 Å². The minimum absolute atomic E-state index is 0.233. The van der Waals surface area contributed by atoms with E-state index in [1.807, 2.05) is 6.92 Å². The average molecular weight is 298 g/mol. The van der Waals surface area contributed by atoms with E-state index in [1.54, 1.807) is 30.3 Å². The van der Waals surface area contributed by atoms with E-state index in [2.05, 4.69) is 0 Å². The molecule has 0 atom stereocenters. The molecule has 21 heavy (non-hydrogen) atoms. The number of benzene rings is 2. The third-order valence-electron chi connectivity index (χ3n) is 3.53. The summed E-state index contributed by atoms with van der Waals surface area (Å²) >= 11 is 1.50. The van der Waals surface area contributed by atoms with Gasteiger partial charge in [0.1, 0.15) is 0 Å². The largest absolute Gasteiger partial charge is 0.398 e. The Kier molecular flexibility index (Phi) is 3.22. The van der Waals surface area contributed by atoms with E-state index in [4.69, 9.17) is 11.5 Å². The fourth-order valence-electron chi connectivity index (χ4n) is 2.60. The van der Waals surface area contributed by atoms with Gasteiger partial charge in [0.15, 0.2) is 11.6 Å². The van der Waals surface area contributed by atoms with Crippen LogP contribution in [0, 0.1) is 0 Å². The Bertz CT molecular complexity index is 784. The lowest BCUT2D eigenvalue weighted by molar-refractivity contribution is 0.0980. The fourth-order valence-corrected chi connectivity index (χ4v) is 3.38. The Labute approximate surface area is 126 Å². The highest BCUT2D eigenvalue weighted by Crippen LogP contribution is 2.39. The summed E-state index contributed by atoms with van der Waals surface area (Å²) in [5.74, 6) is 0.335. The Hall–Kier alpha value is -2.27. The van der Waals surface area contributed by atoms with Crippen LogP contribution in [0.15, 0.2) is 35.2 Å². The number of carbonyl (C=O) groups excluding carboxylic acids is 2. The van der Waals surface area contributed by atoms with Gasteiger partial charge in [0.05, 0.1) is 16.8 Å². The Morgan fingerprint density at radius 3 is 2.14 bits per heavy atom. The second-order valence-corrected chi connectivity index (χ2v) is 6.07. The number of fused-ring (bicyclic) bond motifs is 2. The number of thioether (sulfide) groups is 1. The molecule has 1 aliphatic rings. The molecule has 4 N–H and O–H groups in total. The number of carbonyl (C=O) groups is 2. The maximum atomic E-state index is 12.7. The molecular formula is C16H14N2O2S. The summed E-state index contributed by atoms with van der Waals surface area (Å²) in [6.45, 7) is 1.99. The zero-order chi connectivity index (χ0) is 15.1. The molecule has 0 fully saturated rings. The van der Waals surface area contributed by atoms with Crippen molar-refractivity contribution in [3.8, 4) is 0 Å². The van der Waals surface area contributed by atoms with Gasteiger partial charge in [-0.15, -0.1) is 11.8 Å². The van der Waals surface area contributed by atoms with Crippen LogP contribution in [0.2, 0.25) is 0 Å². The van der Waals surface area contributed by atoms with Gasteiger partial charge in [-0.3, -0.25) is 9.59 Å². The molecule has 0 amide bonds. The molecule has 106 valence electrons.